The summed E-state index contributed by atoms with van der Waals surface area (Å²) in [6.07, 6.45) is 0.753. The summed E-state index contributed by atoms with van der Waals surface area (Å²) in [7, 11) is 0. The third kappa shape index (κ3) is 5.43. The van der Waals surface area contributed by atoms with Gasteiger partial charge in [-0.05, 0) is 19.1 Å². The highest BCUT2D eigenvalue weighted by Gasteiger charge is 1.89. The molecule has 0 aromatic rings. The number of rotatable bonds is 3. The largest absolute Gasteiger partial charge is 0.350 e. The van der Waals surface area contributed by atoms with Crippen molar-refractivity contribution < 1.29 is 4.79 Å². The molecule has 0 radical (unpaired) electrons. The number of hydrogen-bond donors (Lipinski definition) is 3. The first-order valence-electron chi connectivity index (χ1n) is 2.86. The van der Waals surface area contributed by atoms with Gasteiger partial charge in [0.15, 0.2) is 0 Å². The standard InChI is InChI=1S/C5H11N3OS/c1-4(2-3-10)7-8-5(6)9/h10H,2-3H2,1H3,(H3,6,8,9)/b7-4+. The van der Waals surface area contributed by atoms with Gasteiger partial charge in [0.2, 0.25) is 0 Å². The number of hydrazone groups is 1. The Labute approximate surface area is 65.3 Å². The van der Waals surface area contributed by atoms with E-state index in [1.807, 2.05) is 0 Å². The van der Waals surface area contributed by atoms with Gasteiger partial charge in [-0.3, -0.25) is 0 Å². The number of thiol groups is 1. The lowest BCUT2D eigenvalue weighted by atomic mass is 10.3. The number of carbonyl (C=O) groups is 1. The van der Waals surface area contributed by atoms with Crippen LogP contribution in [0, 0.1) is 0 Å². The lowest BCUT2D eigenvalue weighted by Gasteiger charge is -1.95. The quantitative estimate of drug-likeness (QED) is 0.312. The van der Waals surface area contributed by atoms with E-state index in [9.17, 15) is 4.79 Å². The van der Waals surface area contributed by atoms with Gasteiger partial charge in [-0.1, -0.05) is 0 Å². The van der Waals surface area contributed by atoms with Crippen molar-refractivity contribution >= 4 is 24.4 Å². The zero-order valence-corrected chi connectivity index (χ0v) is 6.69. The summed E-state index contributed by atoms with van der Waals surface area (Å²) in [5.74, 6) is 0.718. The van der Waals surface area contributed by atoms with Crippen LogP contribution in [0.4, 0.5) is 4.79 Å². The molecule has 0 aromatic carbocycles. The smallest absolute Gasteiger partial charge is 0.332 e. The molecule has 4 nitrogen and oxygen atoms in total. The van der Waals surface area contributed by atoms with E-state index in [4.69, 9.17) is 5.73 Å². The zero-order chi connectivity index (χ0) is 7.98. The van der Waals surface area contributed by atoms with Crippen molar-refractivity contribution in [2.45, 2.75) is 13.3 Å². The summed E-state index contributed by atoms with van der Waals surface area (Å²) >= 11 is 3.98. The number of nitrogens with two attached hydrogens (primary N) is 1. The van der Waals surface area contributed by atoms with E-state index in [1.54, 1.807) is 6.92 Å². The monoisotopic (exact) mass is 161 g/mol. The summed E-state index contributed by atoms with van der Waals surface area (Å²) in [5.41, 5.74) is 7.70. The van der Waals surface area contributed by atoms with Gasteiger partial charge in [0.25, 0.3) is 0 Å². The van der Waals surface area contributed by atoms with Crippen LogP contribution in [0.5, 0.6) is 0 Å². The Kier molecular flexibility index (Phi) is 4.74. The fourth-order valence-corrected chi connectivity index (χ4v) is 0.692. The Balaban J connectivity index is 3.57. The molecule has 0 saturated heterocycles. The minimum Gasteiger partial charge on any atom is -0.350 e. The molecule has 3 N–H and O–H groups in total. The molecule has 0 aliphatic rings. The van der Waals surface area contributed by atoms with Crippen molar-refractivity contribution in [3.05, 3.63) is 0 Å². The van der Waals surface area contributed by atoms with Gasteiger partial charge < -0.3 is 5.73 Å². The lowest BCUT2D eigenvalue weighted by molar-refractivity contribution is 0.249. The highest BCUT2D eigenvalue weighted by Crippen LogP contribution is 1.86. The molecule has 0 atom stereocenters. The average molecular weight is 161 g/mol. The van der Waals surface area contributed by atoms with Crippen LogP contribution in [-0.4, -0.2) is 17.5 Å². The van der Waals surface area contributed by atoms with Crippen molar-refractivity contribution in [3.63, 3.8) is 0 Å². The Morgan fingerprint density at radius 1 is 1.80 bits per heavy atom. The first-order valence-corrected chi connectivity index (χ1v) is 3.49. The third-order valence-corrected chi connectivity index (χ3v) is 1.05. The number of amides is 2. The Hall–Kier alpha value is -0.710. The van der Waals surface area contributed by atoms with E-state index in [2.05, 4.69) is 23.2 Å². The van der Waals surface area contributed by atoms with Crippen LogP contribution < -0.4 is 11.2 Å². The zero-order valence-electron chi connectivity index (χ0n) is 5.79. The van der Waals surface area contributed by atoms with Gasteiger partial charge in [0.1, 0.15) is 0 Å². The summed E-state index contributed by atoms with van der Waals surface area (Å²) in [4.78, 5) is 10.1. The molecular weight excluding hydrogens is 150 g/mol. The topological polar surface area (TPSA) is 67.5 Å². The number of nitrogens with one attached hydrogen (secondary N) is 1. The maximum atomic E-state index is 10.1. The Morgan fingerprint density at radius 3 is 2.80 bits per heavy atom. The van der Waals surface area contributed by atoms with Crippen molar-refractivity contribution in [1.29, 1.82) is 0 Å². The first-order chi connectivity index (χ1) is 4.66. The van der Waals surface area contributed by atoms with E-state index < -0.39 is 6.03 Å². The van der Waals surface area contributed by atoms with Crippen LogP contribution in [0.3, 0.4) is 0 Å². The van der Waals surface area contributed by atoms with E-state index in [0.29, 0.717) is 0 Å². The summed E-state index contributed by atoms with van der Waals surface area (Å²) in [5, 5.41) is 3.66. The normalized spacial score (nSPS) is 11.2. The average Bonchev–Trinajstić information content (AvgIpc) is 1.85. The number of primary amides is 1. The summed E-state index contributed by atoms with van der Waals surface area (Å²) in [6, 6.07) is -0.640. The maximum absolute atomic E-state index is 10.1. The van der Waals surface area contributed by atoms with Gasteiger partial charge in [0, 0.05) is 5.71 Å². The van der Waals surface area contributed by atoms with Gasteiger partial charge in [-0.2, -0.15) is 17.7 Å². The van der Waals surface area contributed by atoms with Crippen LogP contribution in [0.2, 0.25) is 0 Å². The maximum Gasteiger partial charge on any atom is 0.332 e. The van der Waals surface area contributed by atoms with Crippen molar-refractivity contribution in [2.24, 2.45) is 10.8 Å². The summed E-state index contributed by atoms with van der Waals surface area (Å²) in [6.45, 7) is 1.80. The molecule has 0 aromatic heterocycles. The van der Waals surface area contributed by atoms with Gasteiger partial charge in [0.05, 0.1) is 0 Å². The predicted octanol–water partition coefficient (Wildman–Crippen LogP) is 0.351. The Bertz CT molecular complexity index is 146. The van der Waals surface area contributed by atoms with Crippen LogP contribution in [0.25, 0.3) is 0 Å². The van der Waals surface area contributed by atoms with E-state index in [0.717, 1.165) is 17.9 Å². The molecule has 0 rings (SSSR count). The third-order valence-electron chi connectivity index (χ3n) is 0.831. The van der Waals surface area contributed by atoms with Crippen molar-refractivity contribution in [1.82, 2.24) is 5.43 Å². The van der Waals surface area contributed by atoms with Crippen molar-refractivity contribution in [2.75, 3.05) is 5.75 Å². The van der Waals surface area contributed by atoms with E-state index >= 15 is 0 Å². The molecule has 0 aliphatic carbocycles. The fraction of sp³-hybridized carbons (Fsp3) is 0.600. The molecule has 0 spiro atoms. The van der Waals surface area contributed by atoms with Crippen LogP contribution in [0.1, 0.15) is 13.3 Å². The molecule has 10 heavy (non-hydrogen) atoms. The molecule has 2 amide bonds. The fourth-order valence-electron chi connectivity index (χ4n) is 0.368. The molecule has 5 heteroatoms. The van der Waals surface area contributed by atoms with Gasteiger partial charge in [-0.25, -0.2) is 10.2 Å². The predicted molar refractivity (Wildman–Crippen MR) is 44.3 cm³/mol. The SMILES string of the molecule is C/C(CCS)=N\NC(N)=O. The molecule has 0 heterocycles. The molecule has 0 bridgehead atoms. The van der Waals surface area contributed by atoms with Crippen LogP contribution in [-0.2, 0) is 0 Å². The minimum atomic E-state index is -0.640. The second kappa shape index (κ2) is 5.10. The van der Waals surface area contributed by atoms with Crippen LogP contribution in [0.15, 0.2) is 5.10 Å². The molecule has 58 valence electrons. The van der Waals surface area contributed by atoms with E-state index in [1.165, 1.54) is 0 Å². The lowest BCUT2D eigenvalue weighted by Crippen LogP contribution is -2.25. The number of urea groups is 1. The van der Waals surface area contributed by atoms with Crippen LogP contribution >= 0.6 is 12.6 Å². The van der Waals surface area contributed by atoms with Gasteiger partial charge >= 0.3 is 6.03 Å². The summed E-state index contributed by atoms with van der Waals surface area (Å²) < 4.78 is 0. The molecule has 0 fully saturated rings. The second-order valence-electron chi connectivity index (χ2n) is 1.80. The molecule has 0 unspecified atom stereocenters. The second-order valence-corrected chi connectivity index (χ2v) is 2.24. The molecular formula is C5H11N3OS. The first kappa shape index (κ1) is 9.29. The highest BCUT2D eigenvalue weighted by atomic mass is 32.1. The number of nitrogens with zero attached hydrogens (tertiary/aromatic N) is 1. The molecule has 0 aliphatic heterocycles. The minimum absolute atomic E-state index is 0.640. The van der Waals surface area contributed by atoms with Crippen molar-refractivity contribution in [3.8, 4) is 0 Å². The van der Waals surface area contributed by atoms with E-state index in [-0.39, 0.29) is 0 Å². The number of carbonyl (C=O) groups excluding carboxylic acids is 1. The Morgan fingerprint density at radius 2 is 2.40 bits per heavy atom. The van der Waals surface area contributed by atoms with Gasteiger partial charge in [-0.15, -0.1) is 0 Å². The highest BCUT2D eigenvalue weighted by molar-refractivity contribution is 7.80. The number of hydrogen-bond acceptors (Lipinski definition) is 3. The molecule has 0 saturated carbocycles.